The molecule has 0 aliphatic rings. The van der Waals surface area contributed by atoms with Crippen molar-refractivity contribution in [2.45, 2.75) is 25.7 Å². The number of benzene rings is 1. The molecule has 0 atom stereocenters. The van der Waals surface area contributed by atoms with E-state index in [1.807, 2.05) is 22.6 Å². The summed E-state index contributed by atoms with van der Waals surface area (Å²) in [5, 5.41) is 0. The molecule has 0 bridgehead atoms. The number of ether oxygens (including phenoxy) is 2. The molecule has 0 aliphatic heterocycles. The van der Waals surface area contributed by atoms with Crippen LogP contribution in [-0.2, 0) is 4.74 Å². The summed E-state index contributed by atoms with van der Waals surface area (Å²) in [6.45, 7) is 7.13. The lowest BCUT2D eigenvalue weighted by Gasteiger charge is -2.15. The summed E-state index contributed by atoms with van der Waals surface area (Å²) in [7, 11) is -1.15. The molecule has 0 aromatic heterocycles. The zero-order valence-corrected chi connectivity index (χ0v) is 13.9. The molecule has 1 aromatic rings. The van der Waals surface area contributed by atoms with E-state index in [1.54, 1.807) is 0 Å². The van der Waals surface area contributed by atoms with Gasteiger partial charge in [-0.1, -0.05) is 19.6 Å². The second kappa shape index (κ2) is 6.81. The van der Waals surface area contributed by atoms with Gasteiger partial charge in [-0.2, -0.15) is 0 Å². The summed E-state index contributed by atoms with van der Waals surface area (Å²) in [6.07, 6.45) is 0. The highest BCUT2D eigenvalue weighted by Gasteiger charge is 2.14. The molecular formula is C12H17F2IO2Si. The highest BCUT2D eigenvalue weighted by Crippen LogP contribution is 2.24. The minimum atomic E-state index is -1.15. The molecule has 2 nitrogen and oxygen atoms in total. The maximum atomic E-state index is 13.4. The first-order valence-electron chi connectivity index (χ1n) is 5.65. The molecule has 6 heteroatoms. The van der Waals surface area contributed by atoms with Crippen LogP contribution in [0.3, 0.4) is 0 Å². The van der Waals surface area contributed by atoms with Crippen molar-refractivity contribution in [1.29, 1.82) is 0 Å². The first-order chi connectivity index (χ1) is 8.29. The zero-order valence-electron chi connectivity index (χ0n) is 10.7. The Morgan fingerprint density at radius 1 is 1.17 bits per heavy atom. The summed E-state index contributed by atoms with van der Waals surface area (Å²) >= 11 is 1.85. The standard InChI is InChI=1S/C12H17F2IO2Si/c1-18(2,3)5-4-16-8-17-12-10(13)6-9(15)7-11(12)14/h6-7H,4-5,8H2,1-3H3. The van der Waals surface area contributed by atoms with Crippen molar-refractivity contribution in [3.63, 3.8) is 0 Å². The van der Waals surface area contributed by atoms with Gasteiger partial charge in [-0.05, 0) is 40.8 Å². The molecule has 18 heavy (non-hydrogen) atoms. The number of halogens is 3. The van der Waals surface area contributed by atoms with E-state index in [2.05, 4.69) is 19.6 Å². The summed E-state index contributed by atoms with van der Waals surface area (Å²) in [5.74, 6) is -1.77. The van der Waals surface area contributed by atoms with Crippen LogP contribution in [0.1, 0.15) is 0 Å². The van der Waals surface area contributed by atoms with Crippen LogP contribution in [0.25, 0.3) is 0 Å². The Balaban J connectivity index is 2.41. The molecule has 0 heterocycles. The summed E-state index contributed by atoms with van der Waals surface area (Å²) in [4.78, 5) is 0. The van der Waals surface area contributed by atoms with Gasteiger partial charge in [0.25, 0.3) is 0 Å². The van der Waals surface area contributed by atoms with Crippen molar-refractivity contribution in [3.05, 3.63) is 27.3 Å². The van der Waals surface area contributed by atoms with Crippen LogP contribution < -0.4 is 4.74 Å². The molecule has 1 rings (SSSR count). The van der Waals surface area contributed by atoms with Crippen molar-refractivity contribution in [2.75, 3.05) is 13.4 Å². The van der Waals surface area contributed by atoms with Gasteiger partial charge in [0.15, 0.2) is 24.2 Å². The lowest BCUT2D eigenvalue weighted by molar-refractivity contribution is 0.0173. The third-order valence-corrected chi connectivity index (χ3v) is 4.57. The van der Waals surface area contributed by atoms with Crippen molar-refractivity contribution in [3.8, 4) is 5.75 Å². The van der Waals surface area contributed by atoms with Crippen LogP contribution in [-0.4, -0.2) is 21.5 Å². The van der Waals surface area contributed by atoms with E-state index < -0.39 is 19.7 Å². The third kappa shape index (κ3) is 5.62. The Morgan fingerprint density at radius 3 is 2.22 bits per heavy atom. The van der Waals surface area contributed by atoms with E-state index in [1.165, 1.54) is 12.1 Å². The van der Waals surface area contributed by atoms with Gasteiger partial charge in [-0.25, -0.2) is 8.78 Å². The Hall–Kier alpha value is -0.213. The lowest BCUT2D eigenvalue weighted by Crippen LogP contribution is -2.22. The Morgan fingerprint density at radius 2 is 1.72 bits per heavy atom. The molecule has 0 unspecified atom stereocenters. The largest absolute Gasteiger partial charge is 0.461 e. The van der Waals surface area contributed by atoms with Crippen molar-refractivity contribution >= 4 is 30.7 Å². The molecular weight excluding hydrogens is 369 g/mol. The average Bonchev–Trinajstić information content (AvgIpc) is 2.19. The maximum Gasteiger partial charge on any atom is 0.193 e. The first kappa shape index (κ1) is 15.8. The molecule has 0 aliphatic carbocycles. The van der Waals surface area contributed by atoms with Crippen LogP contribution in [0, 0.1) is 15.2 Å². The molecule has 0 amide bonds. The van der Waals surface area contributed by atoms with Crippen molar-refractivity contribution < 1.29 is 18.3 Å². The van der Waals surface area contributed by atoms with Gasteiger partial charge in [-0.3, -0.25) is 0 Å². The van der Waals surface area contributed by atoms with Gasteiger partial charge >= 0.3 is 0 Å². The van der Waals surface area contributed by atoms with Crippen LogP contribution in [0.5, 0.6) is 5.75 Å². The molecule has 0 fully saturated rings. The van der Waals surface area contributed by atoms with Gasteiger partial charge < -0.3 is 9.47 Å². The van der Waals surface area contributed by atoms with E-state index in [-0.39, 0.29) is 12.5 Å². The molecule has 0 spiro atoms. The highest BCUT2D eigenvalue weighted by molar-refractivity contribution is 14.1. The normalized spacial score (nSPS) is 11.7. The van der Waals surface area contributed by atoms with Gasteiger partial charge in [0.2, 0.25) is 0 Å². The lowest BCUT2D eigenvalue weighted by atomic mass is 10.3. The van der Waals surface area contributed by atoms with E-state index in [0.29, 0.717) is 10.2 Å². The van der Waals surface area contributed by atoms with Crippen molar-refractivity contribution in [1.82, 2.24) is 0 Å². The first-order valence-corrected chi connectivity index (χ1v) is 10.4. The van der Waals surface area contributed by atoms with Gasteiger partial charge in [0.1, 0.15) is 0 Å². The predicted molar refractivity (Wildman–Crippen MR) is 78.7 cm³/mol. The minimum absolute atomic E-state index is 0.126. The van der Waals surface area contributed by atoms with Gasteiger partial charge in [-0.15, -0.1) is 0 Å². The Labute approximate surface area is 121 Å². The topological polar surface area (TPSA) is 18.5 Å². The molecule has 0 saturated heterocycles. The molecule has 0 radical (unpaired) electrons. The molecule has 0 saturated carbocycles. The van der Waals surface area contributed by atoms with Crippen molar-refractivity contribution in [2.24, 2.45) is 0 Å². The Kier molecular flexibility index (Phi) is 5.99. The number of hydrogen-bond donors (Lipinski definition) is 0. The average molecular weight is 386 g/mol. The Bertz CT molecular complexity index is 385. The summed E-state index contributed by atoms with van der Waals surface area (Å²) in [6, 6.07) is 3.44. The number of rotatable bonds is 6. The van der Waals surface area contributed by atoms with Gasteiger partial charge in [0, 0.05) is 18.3 Å². The minimum Gasteiger partial charge on any atom is -0.461 e. The third-order valence-electron chi connectivity index (χ3n) is 2.25. The van der Waals surface area contributed by atoms with Crippen LogP contribution in [0.4, 0.5) is 8.78 Å². The fourth-order valence-electron chi connectivity index (χ4n) is 1.20. The predicted octanol–water partition coefficient (Wildman–Crippen LogP) is 4.26. The number of hydrogen-bond acceptors (Lipinski definition) is 2. The van der Waals surface area contributed by atoms with Crippen LogP contribution in [0.15, 0.2) is 12.1 Å². The van der Waals surface area contributed by atoms with E-state index >= 15 is 0 Å². The zero-order chi connectivity index (χ0) is 13.8. The molecule has 102 valence electrons. The summed E-state index contributed by atoms with van der Waals surface area (Å²) in [5.41, 5.74) is 0. The SMILES string of the molecule is C[Si](C)(C)CCOCOc1c(F)cc(I)cc1F. The van der Waals surface area contributed by atoms with E-state index in [4.69, 9.17) is 9.47 Å². The van der Waals surface area contributed by atoms with E-state index in [0.717, 1.165) is 6.04 Å². The smallest absolute Gasteiger partial charge is 0.193 e. The fraction of sp³-hybridized carbons (Fsp3) is 0.500. The second-order valence-electron chi connectivity index (χ2n) is 5.18. The van der Waals surface area contributed by atoms with Gasteiger partial charge in [0.05, 0.1) is 0 Å². The maximum absolute atomic E-state index is 13.4. The fourth-order valence-corrected chi connectivity index (χ4v) is 2.51. The quantitative estimate of drug-likeness (QED) is 0.315. The molecule has 0 N–H and O–H groups in total. The summed E-state index contributed by atoms with van der Waals surface area (Å²) < 4.78 is 37.5. The van der Waals surface area contributed by atoms with E-state index in [9.17, 15) is 8.78 Å². The molecule has 1 aromatic carbocycles. The van der Waals surface area contributed by atoms with Crippen LogP contribution >= 0.6 is 22.6 Å². The van der Waals surface area contributed by atoms with Crippen LogP contribution in [0.2, 0.25) is 25.7 Å². The highest BCUT2D eigenvalue weighted by atomic mass is 127. The monoisotopic (exact) mass is 386 g/mol. The second-order valence-corrected chi connectivity index (χ2v) is 12.0.